The fraction of sp³-hybridized carbons (Fsp3) is 0.364. The van der Waals surface area contributed by atoms with Gasteiger partial charge < -0.3 is 15.0 Å². The van der Waals surface area contributed by atoms with Crippen LogP contribution in [0.3, 0.4) is 0 Å². The molecule has 0 atom stereocenters. The number of ether oxygens (including phenoxy) is 1. The summed E-state index contributed by atoms with van der Waals surface area (Å²) in [6.07, 6.45) is 0.494. The summed E-state index contributed by atoms with van der Waals surface area (Å²) in [7, 11) is 3.44. The number of nitrogens with zero attached hydrogens (tertiary/aromatic N) is 1. The van der Waals surface area contributed by atoms with Gasteiger partial charge in [-0.05, 0) is 23.8 Å². The third kappa shape index (κ3) is 1.80. The van der Waals surface area contributed by atoms with Crippen LogP contribution in [0.5, 0.6) is 0 Å². The van der Waals surface area contributed by atoms with Gasteiger partial charge in [-0.1, -0.05) is 0 Å². The maximum Gasteiger partial charge on any atom is 0.231 e. The molecule has 80 valence electrons. The van der Waals surface area contributed by atoms with E-state index in [0.717, 1.165) is 16.9 Å². The minimum absolute atomic E-state index is 0.147. The second-order valence-electron chi connectivity index (χ2n) is 3.58. The second kappa shape index (κ2) is 3.90. The number of fused-ring (bicyclic) bond motifs is 1. The van der Waals surface area contributed by atoms with E-state index in [1.54, 1.807) is 19.1 Å². The number of nitrogens with one attached hydrogen (secondary N) is 1. The Morgan fingerprint density at radius 3 is 3.07 bits per heavy atom. The first-order chi connectivity index (χ1) is 7.22. The predicted molar refractivity (Wildman–Crippen MR) is 59.1 cm³/mol. The van der Waals surface area contributed by atoms with Crippen LogP contribution < -0.4 is 10.2 Å². The van der Waals surface area contributed by atoms with E-state index < -0.39 is 0 Å². The van der Waals surface area contributed by atoms with Crippen molar-refractivity contribution in [2.45, 2.75) is 6.42 Å². The summed E-state index contributed by atoms with van der Waals surface area (Å²) in [5.74, 6) is 0.147. The number of amides is 1. The molecule has 0 radical (unpaired) electrons. The first-order valence-corrected chi connectivity index (χ1v) is 4.84. The van der Waals surface area contributed by atoms with Gasteiger partial charge in [-0.2, -0.15) is 0 Å². The zero-order chi connectivity index (χ0) is 10.8. The van der Waals surface area contributed by atoms with Crippen LogP contribution in [0.1, 0.15) is 5.56 Å². The van der Waals surface area contributed by atoms with Gasteiger partial charge in [-0.15, -0.1) is 0 Å². The normalized spacial score (nSPS) is 14.3. The molecule has 4 heteroatoms. The number of rotatable bonds is 3. The van der Waals surface area contributed by atoms with Crippen molar-refractivity contribution in [1.29, 1.82) is 0 Å². The molecular weight excluding hydrogens is 192 g/mol. The van der Waals surface area contributed by atoms with Crippen LogP contribution in [0.2, 0.25) is 0 Å². The van der Waals surface area contributed by atoms with Crippen molar-refractivity contribution < 1.29 is 9.53 Å². The lowest BCUT2D eigenvalue weighted by atomic mass is 10.1. The van der Waals surface area contributed by atoms with E-state index in [2.05, 4.69) is 5.32 Å². The van der Waals surface area contributed by atoms with Gasteiger partial charge >= 0.3 is 0 Å². The monoisotopic (exact) mass is 206 g/mol. The van der Waals surface area contributed by atoms with Gasteiger partial charge in [0, 0.05) is 25.5 Å². The second-order valence-corrected chi connectivity index (χ2v) is 3.58. The summed E-state index contributed by atoms with van der Waals surface area (Å²) >= 11 is 0. The van der Waals surface area contributed by atoms with E-state index in [4.69, 9.17) is 4.74 Å². The Labute approximate surface area is 88.8 Å². The van der Waals surface area contributed by atoms with Gasteiger partial charge in [0.25, 0.3) is 0 Å². The molecule has 0 saturated heterocycles. The van der Waals surface area contributed by atoms with E-state index in [1.807, 2.05) is 18.2 Å². The quantitative estimate of drug-likeness (QED) is 0.756. The number of anilines is 2. The number of benzene rings is 1. The van der Waals surface area contributed by atoms with Crippen molar-refractivity contribution in [3.8, 4) is 0 Å². The standard InChI is InChI=1S/C11H14N2O2/c1-13-10-4-3-9(12-7-15-2)5-8(10)6-11(13)14/h3-5,12H,6-7H2,1-2H3. The van der Waals surface area contributed by atoms with E-state index in [0.29, 0.717) is 13.2 Å². The molecule has 0 saturated carbocycles. The third-order valence-corrected chi connectivity index (χ3v) is 2.58. The molecule has 1 amide bonds. The molecule has 2 rings (SSSR count). The lowest BCUT2D eigenvalue weighted by molar-refractivity contribution is -0.117. The Morgan fingerprint density at radius 1 is 1.53 bits per heavy atom. The largest absolute Gasteiger partial charge is 0.365 e. The minimum atomic E-state index is 0.147. The molecule has 0 bridgehead atoms. The van der Waals surface area contributed by atoms with Crippen LogP contribution in [0.15, 0.2) is 18.2 Å². The molecule has 1 aliphatic rings. The van der Waals surface area contributed by atoms with Gasteiger partial charge in [-0.3, -0.25) is 4.79 Å². The van der Waals surface area contributed by atoms with Gasteiger partial charge in [-0.25, -0.2) is 0 Å². The van der Waals surface area contributed by atoms with Crippen LogP contribution in [-0.4, -0.2) is 26.8 Å². The molecule has 1 aromatic carbocycles. The smallest absolute Gasteiger partial charge is 0.231 e. The summed E-state index contributed by atoms with van der Waals surface area (Å²) in [4.78, 5) is 13.1. The summed E-state index contributed by atoms with van der Waals surface area (Å²) in [5.41, 5.74) is 3.06. The summed E-state index contributed by atoms with van der Waals surface area (Å²) in [6.45, 7) is 0.475. The highest BCUT2D eigenvalue weighted by atomic mass is 16.5. The van der Waals surface area contributed by atoms with Crippen molar-refractivity contribution in [2.24, 2.45) is 0 Å². The highest BCUT2D eigenvalue weighted by Gasteiger charge is 2.23. The molecule has 0 spiro atoms. The van der Waals surface area contributed by atoms with Crippen LogP contribution >= 0.6 is 0 Å². The summed E-state index contributed by atoms with van der Waals surface area (Å²) < 4.78 is 4.92. The van der Waals surface area contributed by atoms with Crippen LogP contribution in [-0.2, 0) is 16.0 Å². The topological polar surface area (TPSA) is 41.6 Å². The van der Waals surface area contributed by atoms with Crippen molar-refractivity contribution >= 4 is 17.3 Å². The Morgan fingerprint density at radius 2 is 2.33 bits per heavy atom. The number of carbonyl (C=O) groups is 1. The molecule has 0 aliphatic carbocycles. The molecule has 4 nitrogen and oxygen atoms in total. The first kappa shape index (κ1) is 9.98. The summed E-state index contributed by atoms with van der Waals surface area (Å²) in [6, 6.07) is 5.90. The van der Waals surface area contributed by atoms with Gasteiger partial charge in [0.05, 0.1) is 6.42 Å². The number of likely N-dealkylation sites (N-methyl/N-ethyl adjacent to an activating group) is 1. The number of carbonyl (C=O) groups excluding carboxylic acids is 1. The Kier molecular flexibility index (Phi) is 2.60. The van der Waals surface area contributed by atoms with E-state index in [9.17, 15) is 4.79 Å². The Balaban J connectivity index is 2.22. The lowest BCUT2D eigenvalue weighted by Crippen LogP contribution is -2.20. The highest BCUT2D eigenvalue weighted by Crippen LogP contribution is 2.29. The Bertz CT molecular complexity index is 390. The van der Waals surface area contributed by atoms with E-state index >= 15 is 0 Å². The molecule has 15 heavy (non-hydrogen) atoms. The fourth-order valence-electron chi connectivity index (χ4n) is 1.74. The third-order valence-electron chi connectivity index (χ3n) is 2.58. The molecule has 0 unspecified atom stereocenters. The molecular formula is C11H14N2O2. The predicted octanol–water partition coefficient (Wildman–Crippen LogP) is 1.22. The average molecular weight is 206 g/mol. The minimum Gasteiger partial charge on any atom is -0.365 e. The zero-order valence-corrected chi connectivity index (χ0v) is 8.91. The molecule has 1 aliphatic heterocycles. The van der Waals surface area contributed by atoms with Gasteiger partial charge in [0.2, 0.25) is 5.91 Å². The lowest BCUT2D eigenvalue weighted by Gasteiger charge is -2.11. The molecule has 1 aromatic rings. The van der Waals surface area contributed by atoms with Gasteiger partial charge in [0.1, 0.15) is 6.73 Å². The molecule has 0 aromatic heterocycles. The van der Waals surface area contributed by atoms with E-state index in [1.165, 1.54) is 0 Å². The number of hydrogen-bond donors (Lipinski definition) is 1. The number of hydrogen-bond acceptors (Lipinski definition) is 3. The van der Waals surface area contributed by atoms with Crippen molar-refractivity contribution in [3.63, 3.8) is 0 Å². The van der Waals surface area contributed by atoms with Gasteiger partial charge in [0.15, 0.2) is 0 Å². The molecule has 1 N–H and O–H groups in total. The molecule has 1 heterocycles. The SMILES string of the molecule is COCNc1ccc2c(c1)CC(=O)N2C. The van der Waals surface area contributed by atoms with Crippen LogP contribution in [0.25, 0.3) is 0 Å². The Hall–Kier alpha value is -1.55. The first-order valence-electron chi connectivity index (χ1n) is 4.84. The maximum atomic E-state index is 11.4. The zero-order valence-electron chi connectivity index (χ0n) is 8.91. The van der Waals surface area contributed by atoms with Crippen molar-refractivity contribution in [1.82, 2.24) is 0 Å². The van der Waals surface area contributed by atoms with Crippen molar-refractivity contribution in [2.75, 3.05) is 31.1 Å². The molecule has 0 fully saturated rings. The number of methoxy groups -OCH3 is 1. The fourth-order valence-corrected chi connectivity index (χ4v) is 1.74. The van der Waals surface area contributed by atoms with E-state index in [-0.39, 0.29) is 5.91 Å². The van der Waals surface area contributed by atoms with Crippen LogP contribution in [0, 0.1) is 0 Å². The van der Waals surface area contributed by atoms with Crippen LogP contribution in [0.4, 0.5) is 11.4 Å². The highest BCUT2D eigenvalue weighted by molar-refractivity contribution is 6.01. The van der Waals surface area contributed by atoms with Crippen molar-refractivity contribution in [3.05, 3.63) is 23.8 Å². The summed E-state index contributed by atoms with van der Waals surface area (Å²) in [5, 5.41) is 3.10. The average Bonchev–Trinajstić information content (AvgIpc) is 2.52. The maximum absolute atomic E-state index is 11.4.